The molecule has 0 aliphatic heterocycles. The Morgan fingerprint density at radius 2 is 1.66 bits per heavy atom. The minimum Gasteiger partial charge on any atom is -0.460 e. The number of esters is 1. The van der Waals surface area contributed by atoms with Crippen LogP contribution in [0.1, 0.15) is 121 Å². The maximum Gasteiger partial charge on any atom is 0.312 e. The largest absolute Gasteiger partial charge is 0.460 e. The van der Waals surface area contributed by atoms with Gasteiger partial charge in [-0.15, -0.1) is 0 Å². The summed E-state index contributed by atoms with van der Waals surface area (Å²) in [7, 11) is 0. The van der Waals surface area contributed by atoms with Crippen molar-refractivity contribution in [2.75, 3.05) is 6.54 Å². The van der Waals surface area contributed by atoms with Gasteiger partial charge in [-0.05, 0) is 88.8 Å². The van der Waals surface area contributed by atoms with Crippen LogP contribution in [-0.4, -0.2) is 40.7 Å². The molecule has 2 amide bonds. The maximum absolute atomic E-state index is 13.6. The molecule has 2 aromatic rings. The number of amides is 2. The van der Waals surface area contributed by atoms with E-state index in [0.29, 0.717) is 25.4 Å². The van der Waals surface area contributed by atoms with Gasteiger partial charge in [0, 0.05) is 13.0 Å². The molecule has 44 heavy (non-hydrogen) atoms. The molecule has 0 bridgehead atoms. The van der Waals surface area contributed by atoms with Gasteiger partial charge in [-0.1, -0.05) is 80.8 Å². The van der Waals surface area contributed by atoms with Crippen LogP contribution in [0, 0.1) is 11.3 Å². The zero-order valence-electron chi connectivity index (χ0n) is 27.4. The summed E-state index contributed by atoms with van der Waals surface area (Å²) in [5.41, 5.74) is 3.00. The van der Waals surface area contributed by atoms with Gasteiger partial charge >= 0.3 is 5.97 Å². The SMILES string of the molecule is CCC(=O)N(Cc1ccc(C(C(=O)NCCCCC2(C(=O)OC(C)(C)C)CC2)C2CCCC2)cc1)/N=C(\C)c1ccccc1. The van der Waals surface area contributed by atoms with Gasteiger partial charge < -0.3 is 10.1 Å². The van der Waals surface area contributed by atoms with E-state index in [9.17, 15) is 14.4 Å². The van der Waals surface area contributed by atoms with Crippen LogP contribution in [0.2, 0.25) is 0 Å². The van der Waals surface area contributed by atoms with Crippen molar-refractivity contribution >= 4 is 23.5 Å². The summed E-state index contributed by atoms with van der Waals surface area (Å²) in [5.74, 6) is 0.128. The number of carbonyl (C=O) groups excluding carboxylic acids is 3. The van der Waals surface area contributed by atoms with E-state index >= 15 is 0 Å². The van der Waals surface area contributed by atoms with Gasteiger partial charge in [-0.2, -0.15) is 5.10 Å². The van der Waals surface area contributed by atoms with Crippen LogP contribution in [-0.2, 0) is 25.7 Å². The molecule has 0 aromatic heterocycles. The molecule has 1 atom stereocenters. The second-order valence-electron chi connectivity index (χ2n) is 13.7. The fourth-order valence-electron chi connectivity index (χ4n) is 6.21. The summed E-state index contributed by atoms with van der Waals surface area (Å²) in [4.78, 5) is 38.9. The van der Waals surface area contributed by atoms with Crippen LogP contribution in [0.4, 0.5) is 0 Å². The molecule has 0 spiro atoms. The quantitative estimate of drug-likeness (QED) is 0.105. The second-order valence-corrected chi connectivity index (χ2v) is 13.7. The van der Waals surface area contributed by atoms with Crippen molar-refractivity contribution in [3.63, 3.8) is 0 Å². The monoisotopic (exact) mass is 601 g/mol. The lowest BCUT2D eigenvalue weighted by molar-refractivity contribution is -0.162. The minimum atomic E-state index is -0.463. The minimum absolute atomic E-state index is 0.0359. The number of nitrogens with one attached hydrogen (secondary N) is 1. The molecule has 7 heteroatoms. The molecule has 7 nitrogen and oxygen atoms in total. The molecule has 238 valence electrons. The van der Waals surface area contributed by atoms with E-state index in [1.54, 1.807) is 5.01 Å². The van der Waals surface area contributed by atoms with E-state index in [1.165, 1.54) is 0 Å². The molecule has 0 heterocycles. The van der Waals surface area contributed by atoms with Gasteiger partial charge in [0.15, 0.2) is 0 Å². The third kappa shape index (κ3) is 9.26. The first-order chi connectivity index (χ1) is 21.0. The molecule has 2 aliphatic rings. The molecule has 2 aromatic carbocycles. The van der Waals surface area contributed by atoms with Gasteiger partial charge in [0.2, 0.25) is 11.8 Å². The van der Waals surface area contributed by atoms with Gasteiger partial charge in [0.25, 0.3) is 0 Å². The lowest BCUT2D eigenvalue weighted by Crippen LogP contribution is -2.34. The number of nitrogens with zero attached hydrogens (tertiary/aromatic N) is 2. The third-order valence-electron chi connectivity index (χ3n) is 8.94. The highest BCUT2D eigenvalue weighted by atomic mass is 16.6. The lowest BCUT2D eigenvalue weighted by atomic mass is 9.83. The first-order valence-corrected chi connectivity index (χ1v) is 16.5. The molecule has 0 saturated heterocycles. The Labute approximate surface area is 263 Å². The summed E-state index contributed by atoms with van der Waals surface area (Å²) in [5, 5.41) is 9.43. The number of hydrogen-bond acceptors (Lipinski definition) is 5. The fraction of sp³-hybridized carbons (Fsp3) is 0.568. The number of hydrogen-bond donors (Lipinski definition) is 1. The number of carbonyl (C=O) groups is 3. The predicted molar refractivity (Wildman–Crippen MR) is 175 cm³/mol. The molecule has 4 rings (SSSR count). The van der Waals surface area contributed by atoms with Crippen LogP contribution < -0.4 is 5.32 Å². The van der Waals surface area contributed by atoms with E-state index in [1.807, 2.05) is 77.1 Å². The third-order valence-corrected chi connectivity index (χ3v) is 8.94. The Morgan fingerprint density at radius 1 is 1.00 bits per heavy atom. The molecule has 1 N–H and O–H groups in total. The fourth-order valence-corrected chi connectivity index (χ4v) is 6.21. The van der Waals surface area contributed by atoms with Crippen LogP contribution in [0.25, 0.3) is 0 Å². The van der Waals surface area contributed by atoms with E-state index in [2.05, 4.69) is 22.6 Å². The first kappa shape index (κ1) is 33.4. The van der Waals surface area contributed by atoms with Gasteiger partial charge in [0.05, 0.1) is 23.6 Å². The average Bonchev–Trinajstić information content (AvgIpc) is 3.61. The maximum atomic E-state index is 13.6. The lowest BCUT2D eigenvalue weighted by Gasteiger charge is -2.24. The highest BCUT2D eigenvalue weighted by Gasteiger charge is 2.51. The summed E-state index contributed by atoms with van der Waals surface area (Å²) in [6, 6.07) is 18.0. The summed E-state index contributed by atoms with van der Waals surface area (Å²) in [6.07, 6.45) is 9.16. The number of ether oxygens (including phenoxy) is 1. The molecule has 1 unspecified atom stereocenters. The molecule has 2 saturated carbocycles. The van der Waals surface area contributed by atoms with Crippen LogP contribution in [0.3, 0.4) is 0 Å². The van der Waals surface area contributed by atoms with Crippen LogP contribution >= 0.6 is 0 Å². The Morgan fingerprint density at radius 3 is 2.25 bits per heavy atom. The molecular weight excluding hydrogens is 550 g/mol. The van der Waals surface area contributed by atoms with Crippen molar-refractivity contribution < 1.29 is 19.1 Å². The van der Waals surface area contributed by atoms with Crippen molar-refractivity contribution in [3.8, 4) is 0 Å². The molecule has 2 aliphatic carbocycles. The molecule has 2 fully saturated rings. The predicted octanol–water partition coefficient (Wildman–Crippen LogP) is 7.53. The Bertz CT molecular complexity index is 1290. The van der Waals surface area contributed by atoms with Crippen molar-refractivity contribution in [2.45, 2.75) is 117 Å². The van der Waals surface area contributed by atoms with Crippen LogP contribution in [0.5, 0.6) is 0 Å². The van der Waals surface area contributed by atoms with E-state index < -0.39 is 5.60 Å². The van der Waals surface area contributed by atoms with Crippen molar-refractivity contribution in [2.24, 2.45) is 16.4 Å². The molecular formula is C37H51N3O4. The van der Waals surface area contributed by atoms with Gasteiger partial charge in [0.1, 0.15) is 5.60 Å². The van der Waals surface area contributed by atoms with Crippen LogP contribution in [0.15, 0.2) is 59.7 Å². The topological polar surface area (TPSA) is 88.1 Å². The first-order valence-electron chi connectivity index (χ1n) is 16.5. The number of hydrazone groups is 1. The Kier molecular flexibility index (Phi) is 11.4. The standard InChI is InChI=1S/C37H51N3O4/c1-6-32(41)40(39-27(2)29-14-8-7-9-15-29)26-28-18-20-31(21-19-28)33(30-16-10-11-17-30)34(42)38-25-13-12-22-37(23-24-37)35(43)44-36(3,4)5/h7-9,14-15,18-21,30,33H,6,10-13,16-17,22-26H2,1-5H3,(H,38,42)/b39-27+. The number of rotatable bonds is 14. The van der Waals surface area contributed by atoms with Crippen molar-refractivity contribution in [1.29, 1.82) is 0 Å². The van der Waals surface area contributed by atoms with Crippen molar-refractivity contribution in [3.05, 3.63) is 71.3 Å². The summed E-state index contributed by atoms with van der Waals surface area (Å²) in [6.45, 7) is 10.5. The van der Waals surface area contributed by atoms with E-state index in [0.717, 1.165) is 80.2 Å². The zero-order chi connectivity index (χ0) is 31.7. The van der Waals surface area contributed by atoms with Gasteiger partial charge in [-0.3, -0.25) is 14.4 Å². The Balaban J connectivity index is 1.35. The smallest absolute Gasteiger partial charge is 0.312 e. The van der Waals surface area contributed by atoms with E-state index in [-0.39, 0.29) is 29.1 Å². The zero-order valence-corrected chi connectivity index (χ0v) is 27.4. The average molecular weight is 602 g/mol. The van der Waals surface area contributed by atoms with Gasteiger partial charge in [-0.25, -0.2) is 5.01 Å². The number of benzene rings is 2. The summed E-state index contributed by atoms with van der Waals surface area (Å²) < 4.78 is 5.65. The second kappa shape index (κ2) is 15.0. The van der Waals surface area contributed by atoms with Crippen molar-refractivity contribution in [1.82, 2.24) is 10.3 Å². The highest BCUT2D eigenvalue weighted by Crippen LogP contribution is 2.51. The number of unbranched alkanes of at least 4 members (excludes halogenated alkanes) is 1. The summed E-state index contributed by atoms with van der Waals surface area (Å²) >= 11 is 0. The van der Waals surface area contributed by atoms with E-state index in [4.69, 9.17) is 4.74 Å². The normalized spacial score (nSPS) is 17.2. The highest BCUT2D eigenvalue weighted by molar-refractivity contribution is 5.99. The molecule has 0 radical (unpaired) electrons. The Hall–Kier alpha value is -3.48.